The second kappa shape index (κ2) is 15.8. The van der Waals surface area contributed by atoms with Crippen molar-refractivity contribution in [3.63, 3.8) is 0 Å². The van der Waals surface area contributed by atoms with E-state index >= 15 is 0 Å². The number of hydrogen-bond acceptors (Lipinski definition) is 1. The minimum Gasteiger partial charge on any atom is -0.378 e. The quantitative estimate of drug-likeness (QED) is 0.198. The molecule has 0 spiro atoms. The van der Waals surface area contributed by atoms with Crippen LogP contribution in [0.5, 0.6) is 0 Å². The van der Waals surface area contributed by atoms with Gasteiger partial charge in [0.05, 0.1) is 0 Å². The average Bonchev–Trinajstić information content (AvgIpc) is 2.90. The molecule has 1 heteroatoms. The molecule has 3 aliphatic carbocycles. The lowest BCUT2D eigenvalue weighted by molar-refractivity contribution is 0.0415. The van der Waals surface area contributed by atoms with Crippen LogP contribution in [0.4, 0.5) is 0 Å². The third kappa shape index (κ3) is 9.68. The summed E-state index contributed by atoms with van der Waals surface area (Å²) >= 11 is 0. The number of aliphatic hydroxyl groups is 1. The van der Waals surface area contributed by atoms with Gasteiger partial charge in [0.25, 0.3) is 0 Å². The summed E-state index contributed by atoms with van der Waals surface area (Å²) in [5.74, 6) is 11.2. The Morgan fingerprint density at radius 3 is 1.61 bits per heavy atom. The predicted molar refractivity (Wildman–Crippen MR) is 157 cm³/mol. The van der Waals surface area contributed by atoms with Gasteiger partial charge in [-0.15, -0.1) is 0 Å². The smallest absolute Gasteiger partial charge is 0.125 e. The van der Waals surface area contributed by atoms with E-state index in [9.17, 15) is 5.11 Å². The van der Waals surface area contributed by atoms with Crippen LogP contribution in [-0.4, -0.2) is 10.7 Å². The van der Waals surface area contributed by atoms with E-state index < -0.39 is 5.60 Å². The molecule has 1 N–H and O–H groups in total. The van der Waals surface area contributed by atoms with E-state index in [1.165, 1.54) is 141 Å². The van der Waals surface area contributed by atoms with Crippen molar-refractivity contribution in [2.75, 3.05) is 0 Å². The Bertz CT molecular complexity index is 629. The van der Waals surface area contributed by atoms with Gasteiger partial charge < -0.3 is 5.11 Å². The van der Waals surface area contributed by atoms with Gasteiger partial charge in [0.1, 0.15) is 5.60 Å². The summed E-state index contributed by atoms with van der Waals surface area (Å²) in [4.78, 5) is 0. The predicted octanol–water partition coefficient (Wildman–Crippen LogP) is 10.6. The zero-order valence-corrected chi connectivity index (χ0v) is 24.7. The van der Waals surface area contributed by atoms with Crippen LogP contribution in [0.1, 0.15) is 175 Å². The Morgan fingerprint density at radius 2 is 1.06 bits per heavy atom. The highest BCUT2D eigenvalue weighted by atomic mass is 16.3. The summed E-state index contributed by atoms with van der Waals surface area (Å²) in [5, 5.41) is 11.4. The highest BCUT2D eigenvalue weighted by molar-refractivity contribution is 5.21. The van der Waals surface area contributed by atoms with Crippen LogP contribution in [0.15, 0.2) is 0 Å². The summed E-state index contributed by atoms with van der Waals surface area (Å²) in [6.45, 7) is 6.93. The number of hydrogen-bond donors (Lipinski definition) is 1. The van der Waals surface area contributed by atoms with Crippen molar-refractivity contribution in [2.24, 2.45) is 29.1 Å². The SMILES string of the molecule is CCCCCC1CCC(C2CCC(C#CC3(O)CCC(CCCCC)CC3)(CCCCC)CC2)CC1. The first-order valence-corrected chi connectivity index (χ1v) is 16.8. The third-order valence-corrected chi connectivity index (χ3v) is 10.7. The van der Waals surface area contributed by atoms with E-state index in [0.717, 1.165) is 36.5 Å². The lowest BCUT2D eigenvalue weighted by Gasteiger charge is -2.42. The van der Waals surface area contributed by atoms with Crippen molar-refractivity contribution in [1.82, 2.24) is 0 Å². The molecule has 3 fully saturated rings. The van der Waals surface area contributed by atoms with E-state index in [2.05, 4.69) is 32.6 Å². The molecule has 208 valence electrons. The Kier molecular flexibility index (Phi) is 13.2. The molecule has 0 aromatic heterocycles. The summed E-state index contributed by atoms with van der Waals surface area (Å²) in [6.07, 6.45) is 31.9. The molecule has 0 aromatic rings. The Labute approximate surface area is 226 Å². The highest BCUT2D eigenvalue weighted by Gasteiger charge is 2.38. The third-order valence-electron chi connectivity index (χ3n) is 10.7. The molecule has 3 saturated carbocycles. The van der Waals surface area contributed by atoms with Crippen molar-refractivity contribution in [2.45, 2.75) is 180 Å². The first kappa shape index (κ1) is 30.1. The maximum absolute atomic E-state index is 11.4. The van der Waals surface area contributed by atoms with Crippen LogP contribution in [0.2, 0.25) is 0 Å². The van der Waals surface area contributed by atoms with Gasteiger partial charge in [-0.3, -0.25) is 0 Å². The van der Waals surface area contributed by atoms with Gasteiger partial charge in [-0.05, 0) is 94.3 Å². The normalized spacial score (nSPS) is 35.2. The van der Waals surface area contributed by atoms with Gasteiger partial charge in [-0.1, -0.05) is 116 Å². The number of rotatable bonds is 13. The van der Waals surface area contributed by atoms with Gasteiger partial charge in [0, 0.05) is 5.41 Å². The first-order valence-electron chi connectivity index (χ1n) is 16.8. The van der Waals surface area contributed by atoms with E-state index in [-0.39, 0.29) is 5.41 Å². The standard InChI is InChI=1S/C35H62O/c1-4-7-10-13-30-15-17-32(18-16-30)33-21-24-34(25-22-33,23-12-9-6-3)28-29-35(36)26-19-31(20-27-35)14-11-8-5-2/h30-33,36H,4-27H2,1-3H3. The van der Waals surface area contributed by atoms with Crippen LogP contribution < -0.4 is 0 Å². The molecule has 0 unspecified atom stereocenters. The van der Waals surface area contributed by atoms with E-state index in [1.807, 2.05) is 0 Å². The summed E-state index contributed by atoms with van der Waals surface area (Å²) < 4.78 is 0. The largest absolute Gasteiger partial charge is 0.378 e. The monoisotopic (exact) mass is 498 g/mol. The number of unbranched alkanes of at least 4 members (excludes halogenated alkanes) is 6. The Morgan fingerprint density at radius 1 is 0.556 bits per heavy atom. The molecule has 0 aromatic carbocycles. The van der Waals surface area contributed by atoms with Crippen LogP contribution >= 0.6 is 0 Å². The average molecular weight is 499 g/mol. The van der Waals surface area contributed by atoms with Crippen LogP contribution in [-0.2, 0) is 0 Å². The molecule has 0 atom stereocenters. The first-order chi connectivity index (χ1) is 17.5. The molecule has 36 heavy (non-hydrogen) atoms. The lowest BCUT2D eigenvalue weighted by Crippen LogP contribution is -2.34. The maximum Gasteiger partial charge on any atom is 0.125 e. The second-order valence-electron chi connectivity index (χ2n) is 13.6. The Balaban J connectivity index is 1.51. The molecule has 0 radical (unpaired) electrons. The van der Waals surface area contributed by atoms with E-state index in [1.54, 1.807) is 0 Å². The summed E-state index contributed by atoms with van der Waals surface area (Å²) in [7, 11) is 0. The summed E-state index contributed by atoms with van der Waals surface area (Å²) in [6, 6.07) is 0. The fourth-order valence-corrected chi connectivity index (χ4v) is 7.95. The minimum atomic E-state index is -0.702. The van der Waals surface area contributed by atoms with Gasteiger partial charge in [-0.2, -0.15) is 0 Å². The van der Waals surface area contributed by atoms with Crippen molar-refractivity contribution < 1.29 is 5.11 Å². The summed E-state index contributed by atoms with van der Waals surface area (Å²) in [5.41, 5.74) is -0.511. The highest BCUT2D eigenvalue weighted by Crippen LogP contribution is 2.48. The van der Waals surface area contributed by atoms with Gasteiger partial charge in [-0.25, -0.2) is 0 Å². The van der Waals surface area contributed by atoms with E-state index in [4.69, 9.17) is 0 Å². The molecule has 0 saturated heterocycles. The molecule has 0 heterocycles. The topological polar surface area (TPSA) is 20.2 Å². The van der Waals surface area contributed by atoms with Crippen LogP contribution in [0.3, 0.4) is 0 Å². The van der Waals surface area contributed by atoms with Crippen molar-refractivity contribution >= 4 is 0 Å². The van der Waals surface area contributed by atoms with Crippen molar-refractivity contribution in [1.29, 1.82) is 0 Å². The molecule has 0 bridgehead atoms. The zero-order chi connectivity index (χ0) is 25.7. The van der Waals surface area contributed by atoms with Crippen molar-refractivity contribution in [3.8, 4) is 11.8 Å². The molecule has 0 amide bonds. The molecule has 1 nitrogen and oxygen atoms in total. The maximum atomic E-state index is 11.4. The zero-order valence-electron chi connectivity index (χ0n) is 24.7. The molecular weight excluding hydrogens is 436 g/mol. The van der Waals surface area contributed by atoms with E-state index in [0.29, 0.717) is 0 Å². The lowest BCUT2D eigenvalue weighted by atomic mass is 9.63. The van der Waals surface area contributed by atoms with Crippen LogP contribution in [0.25, 0.3) is 0 Å². The van der Waals surface area contributed by atoms with Gasteiger partial charge in [0.15, 0.2) is 0 Å². The molecule has 3 rings (SSSR count). The van der Waals surface area contributed by atoms with Crippen molar-refractivity contribution in [3.05, 3.63) is 0 Å². The fourth-order valence-electron chi connectivity index (χ4n) is 7.95. The van der Waals surface area contributed by atoms with Gasteiger partial charge >= 0.3 is 0 Å². The molecule has 3 aliphatic rings. The second-order valence-corrected chi connectivity index (χ2v) is 13.6. The Hall–Kier alpha value is -0.480. The van der Waals surface area contributed by atoms with Gasteiger partial charge in [0.2, 0.25) is 0 Å². The van der Waals surface area contributed by atoms with Crippen LogP contribution in [0, 0.1) is 40.9 Å². The molecule has 0 aliphatic heterocycles. The fraction of sp³-hybridized carbons (Fsp3) is 0.943. The molecular formula is C35H62O. The minimum absolute atomic E-state index is 0.191.